The van der Waals surface area contributed by atoms with Gasteiger partial charge in [0, 0.05) is 25.2 Å². The van der Waals surface area contributed by atoms with Gasteiger partial charge in [-0.1, -0.05) is 13.8 Å². The van der Waals surface area contributed by atoms with E-state index in [0.29, 0.717) is 24.2 Å². The number of amides is 1. The van der Waals surface area contributed by atoms with E-state index in [1.54, 1.807) is 26.0 Å². The molecule has 5 nitrogen and oxygen atoms in total. The highest BCUT2D eigenvalue weighted by molar-refractivity contribution is 5.94. The van der Waals surface area contributed by atoms with E-state index in [2.05, 4.69) is 5.32 Å². The van der Waals surface area contributed by atoms with Gasteiger partial charge in [-0.25, -0.2) is 4.39 Å². The third kappa shape index (κ3) is 3.86. The van der Waals surface area contributed by atoms with Crippen molar-refractivity contribution in [1.82, 2.24) is 0 Å². The van der Waals surface area contributed by atoms with E-state index < -0.39 is 17.3 Å². The number of hydrogen-bond acceptors (Lipinski definition) is 3. The lowest BCUT2D eigenvalue weighted by Gasteiger charge is -2.26. The van der Waals surface area contributed by atoms with Gasteiger partial charge in [-0.05, 0) is 43.9 Å². The van der Waals surface area contributed by atoms with Crippen molar-refractivity contribution in [1.29, 1.82) is 0 Å². The predicted molar refractivity (Wildman–Crippen MR) is 91.7 cm³/mol. The number of carbonyl (C=O) groups excluding carboxylic acids is 1. The first-order valence-corrected chi connectivity index (χ1v) is 8.49. The Hall–Kier alpha value is -2.11. The van der Waals surface area contributed by atoms with Crippen LogP contribution in [0.1, 0.15) is 46.0 Å². The van der Waals surface area contributed by atoms with Crippen molar-refractivity contribution < 1.29 is 19.1 Å². The van der Waals surface area contributed by atoms with Crippen LogP contribution < -0.4 is 10.2 Å². The molecule has 0 unspecified atom stereocenters. The van der Waals surface area contributed by atoms with E-state index >= 15 is 0 Å². The van der Waals surface area contributed by atoms with Crippen LogP contribution >= 0.6 is 0 Å². The summed E-state index contributed by atoms with van der Waals surface area (Å²) in [4.78, 5) is 25.7. The molecule has 132 valence electrons. The van der Waals surface area contributed by atoms with Crippen LogP contribution in [0.15, 0.2) is 18.2 Å². The summed E-state index contributed by atoms with van der Waals surface area (Å²) < 4.78 is 14.3. The number of halogens is 1. The lowest BCUT2D eigenvalue weighted by atomic mass is 9.79. The molecule has 6 heteroatoms. The predicted octanol–water partition coefficient (Wildman–Crippen LogP) is 3.65. The molecule has 1 aliphatic rings. The molecule has 1 fully saturated rings. The monoisotopic (exact) mass is 336 g/mol. The molecular formula is C18H25FN2O3. The second-order valence-corrected chi connectivity index (χ2v) is 6.38. The van der Waals surface area contributed by atoms with Gasteiger partial charge < -0.3 is 15.3 Å². The van der Waals surface area contributed by atoms with Gasteiger partial charge in [0.05, 0.1) is 11.1 Å². The molecule has 0 saturated carbocycles. The van der Waals surface area contributed by atoms with Crippen molar-refractivity contribution in [3.63, 3.8) is 0 Å². The zero-order valence-corrected chi connectivity index (χ0v) is 14.3. The summed E-state index contributed by atoms with van der Waals surface area (Å²) in [6.45, 7) is 5.21. The highest BCUT2D eigenvalue weighted by Crippen LogP contribution is 2.32. The van der Waals surface area contributed by atoms with E-state index in [9.17, 15) is 19.1 Å². The minimum absolute atomic E-state index is 0.120. The molecule has 1 heterocycles. The summed E-state index contributed by atoms with van der Waals surface area (Å²) in [6, 6.07) is 4.63. The number of rotatable bonds is 7. The normalized spacial score (nSPS) is 14.7. The third-order valence-electron chi connectivity index (χ3n) is 4.98. The van der Waals surface area contributed by atoms with E-state index in [-0.39, 0.29) is 12.2 Å². The number of carboxylic acids is 1. The average Bonchev–Trinajstić information content (AvgIpc) is 3.06. The van der Waals surface area contributed by atoms with Gasteiger partial charge >= 0.3 is 5.97 Å². The van der Waals surface area contributed by atoms with Gasteiger partial charge in [-0.15, -0.1) is 0 Å². The highest BCUT2D eigenvalue weighted by atomic mass is 19.1. The van der Waals surface area contributed by atoms with Gasteiger partial charge in [-0.3, -0.25) is 9.59 Å². The molecule has 1 amide bonds. The fourth-order valence-electron chi connectivity index (χ4n) is 3.19. The largest absolute Gasteiger partial charge is 0.481 e. The molecule has 2 N–H and O–H groups in total. The summed E-state index contributed by atoms with van der Waals surface area (Å²) in [5.41, 5.74) is -0.169. The first kappa shape index (κ1) is 18.2. The molecule has 0 aliphatic carbocycles. The van der Waals surface area contributed by atoms with E-state index in [1.807, 2.05) is 4.90 Å². The number of hydrogen-bond donors (Lipinski definition) is 2. The van der Waals surface area contributed by atoms with Crippen molar-refractivity contribution in [3.8, 4) is 0 Å². The number of nitrogens with one attached hydrogen (secondary N) is 1. The zero-order valence-electron chi connectivity index (χ0n) is 14.3. The quantitative estimate of drug-likeness (QED) is 0.797. The Kier molecular flexibility index (Phi) is 5.80. The van der Waals surface area contributed by atoms with Crippen LogP contribution in [0.25, 0.3) is 0 Å². The number of carbonyl (C=O) groups is 2. The fraction of sp³-hybridized carbons (Fsp3) is 0.556. The van der Waals surface area contributed by atoms with Crippen molar-refractivity contribution in [2.75, 3.05) is 23.3 Å². The van der Waals surface area contributed by atoms with E-state index in [4.69, 9.17) is 0 Å². The van der Waals surface area contributed by atoms with Crippen molar-refractivity contribution >= 4 is 23.3 Å². The third-order valence-corrected chi connectivity index (χ3v) is 4.98. The van der Waals surface area contributed by atoms with Crippen molar-refractivity contribution in [2.45, 2.75) is 46.0 Å². The minimum Gasteiger partial charge on any atom is -0.481 e. The van der Waals surface area contributed by atoms with Crippen LogP contribution in [0, 0.1) is 11.2 Å². The van der Waals surface area contributed by atoms with E-state index in [0.717, 1.165) is 25.9 Å². The first-order chi connectivity index (χ1) is 11.4. The summed E-state index contributed by atoms with van der Waals surface area (Å²) in [6.07, 6.45) is 2.74. The Morgan fingerprint density at radius 2 is 1.88 bits per heavy atom. The SMILES string of the molecule is CCC(CC)(CC(=O)Nc1ccc(N2CCCC2)c(F)c1)C(=O)O. The Balaban J connectivity index is 2.06. The van der Waals surface area contributed by atoms with Gasteiger partial charge in [0.1, 0.15) is 5.82 Å². The van der Waals surface area contributed by atoms with Crippen molar-refractivity contribution in [3.05, 3.63) is 24.0 Å². The molecule has 0 spiro atoms. The van der Waals surface area contributed by atoms with Gasteiger partial charge in [0.2, 0.25) is 5.91 Å². The second kappa shape index (κ2) is 7.64. The lowest BCUT2D eigenvalue weighted by Crippen LogP contribution is -2.34. The van der Waals surface area contributed by atoms with Crippen LogP contribution in [0.4, 0.5) is 15.8 Å². The highest BCUT2D eigenvalue weighted by Gasteiger charge is 2.37. The molecule has 2 rings (SSSR count). The maximum absolute atomic E-state index is 14.3. The molecule has 0 radical (unpaired) electrons. The topological polar surface area (TPSA) is 69.6 Å². The number of carboxylic acid groups (broad SMARTS) is 1. The summed E-state index contributed by atoms with van der Waals surface area (Å²) in [5, 5.41) is 12.0. The number of aliphatic carboxylic acids is 1. The fourth-order valence-corrected chi connectivity index (χ4v) is 3.19. The molecule has 1 aliphatic heterocycles. The van der Waals surface area contributed by atoms with Crippen LogP contribution in [0.3, 0.4) is 0 Å². The van der Waals surface area contributed by atoms with Crippen molar-refractivity contribution in [2.24, 2.45) is 5.41 Å². The van der Waals surface area contributed by atoms with Gasteiger partial charge in [0.15, 0.2) is 0 Å². The van der Waals surface area contributed by atoms with Crippen LogP contribution in [-0.2, 0) is 9.59 Å². The standard InChI is InChI=1S/C18H25FN2O3/c1-3-18(4-2,17(23)24)12-16(22)20-13-7-8-15(14(19)11-13)21-9-5-6-10-21/h7-8,11H,3-6,9-10,12H2,1-2H3,(H,20,22)(H,23,24). The zero-order chi connectivity index (χ0) is 17.7. The van der Waals surface area contributed by atoms with Crippen LogP contribution in [0.5, 0.6) is 0 Å². The maximum Gasteiger partial charge on any atom is 0.310 e. The molecule has 0 atom stereocenters. The Bertz CT molecular complexity index is 608. The first-order valence-electron chi connectivity index (χ1n) is 8.49. The summed E-state index contributed by atoms with van der Waals surface area (Å²) >= 11 is 0. The molecule has 1 aromatic rings. The molecule has 24 heavy (non-hydrogen) atoms. The van der Waals surface area contributed by atoms with Crippen LogP contribution in [0.2, 0.25) is 0 Å². The minimum atomic E-state index is -1.07. The molecule has 1 aromatic carbocycles. The maximum atomic E-state index is 14.3. The number of anilines is 2. The Labute approximate surface area is 141 Å². The number of benzene rings is 1. The summed E-state index contributed by atoms with van der Waals surface area (Å²) in [7, 11) is 0. The average molecular weight is 336 g/mol. The number of nitrogens with zero attached hydrogens (tertiary/aromatic N) is 1. The van der Waals surface area contributed by atoms with Gasteiger partial charge in [-0.2, -0.15) is 0 Å². The van der Waals surface area contributed by atoms with Gasteiger partial charge in [0.25, 0.3) is 0 Å². The van der Waals surface area contributed by atoms with Crippen LogP contribution in [-0.4, -0.2) is 30.1 Å². The smallest absolute Gasteiger partial charge is 0.310 e. The molecule has 0 aromatic heterocycles. The molecular weight excluding hydrogens is 311 g/mol. The Morgan fingerprint density at radius 3 is 2.38 bits per heavy atom. The lowest BCUT2D eigenvalue weighted by molar-refractivity contribution is -0.151. The van der Waals surface area contributed by atoms with E-state index in [1.165, 1.54) is 6.07 Å². The molecule has 1 saturated heterocycles. The second-order valence-electron chi connectivity index (χ2n) is 6.38. The Morgan fingerprint density at radius 1 is 1.25 bits per heavy atom. The molecule has 0 bridgehead atoms. The summed E-state index contributed by atoms with van der Waals surface area (Å²) in [5.74, 6) is -1.75.